The molecular weight excluding hydrogens is 366 g/mol. The monoisotopic (exact) mass is 393 g/mol. The Morgan fingerprint density at radius 1 is 1.07 bits per heavy atom. The van der Waals surface area contributed by atoms with Crippen molar-refractivity contribution in [3.63, 3.8) is 0 Å². The summed E-state index contributed by atoms with van der Waals surface area (Å²) in [6.07, 6.45) is 2.21. The highest BCUT2D eigenvalue weighted by atomic mass is 16.5. The van der Waals surface area contributed by atoms with Crippen LogP contribution in [0.1, 0.15) is 18.4 Å². The molecule has 7 heteroatoms. The molecule has 152 valence electrons. The molecule has 7 nitrogen and oxygen atoms in total. The molecule has 0 saturated carbocycles. The number of nitrogen functional groups attached to an aromatic ring is 2. The molecule has 3 aromatic rings. The minimum Gasteiger partial charge on any atom is -0.497 e. The fraction of sp³-hybridized carbons (Fsp3) is 0.364. The van der Waals surface area contributed by atoms with E-state index in [1.807, 2.05) is 30.3 Å². The van der Waals surface area contributed by atoms with Gasteiger partial charge in [-0.05, 0) is 61.7 Å². The lowest BCUT2D eigenvalue weighted by molar-refractivity contribution is 0.137. The Morgan fingerprint density at radius 3 is 2.66 bits per heavy atom. The molecule has 29 heavy (non-hydrogen) atoms. The quantitative estimate of drug-likeness (QED) is 0.664. The maximum Gasteiger partial charge on any atom is 0.222 e. The van der Waals surface area contributed by atoms with Crippen molar-refractivity contribution < 1.29 is 9.47 Å². The van der Waals surface area contributed by atoms with Crippen molar-refractivity contribution in [2.75, 3.05) is 38.3 Å². The summed E-state index contributed by atoms with van der Waals surface area (Å²) in [5.41, 5.74) is 13.7. The topological polar surface area (TPSA) is 99.5 Å². The molecular formula is C22H27N5O2. The Bertz CT molecular complexity index is 986. The Hall–Kier alpha value is -3.06. The lowest BCUT2D eigenvalue weighted by Gasteiger charge is -2.32. The first-order valence-corrected chi connectivity index (χ1v) is 9.92. The molecule has 1 aliphatic rings. The van der Waals surface area contributed by atoms with Crippen LogP contribution in [0.3, 0.4) is 0 Å². The van der Waals surface area contributed by atoms with Crippen LogP contribution in [-0.4, -0.2) is 41.7 Å². The number of rotatable bonds is 6. The van der Waals surface area contributed by atoms with Crippen molar-refractivity contribution in [1.29, 1.82) is 0 Å². The number of benzene rings is 2. The van der Waals surface area contributed by atoms with Crippen LogP contribution in [0, 0.1) is 5.92 Å². The second-order valence-corrected chi connectivity index (χ2v) is 7.50. The molecule has 0 atom stereocenters. The van der Waals surface area contributed by atoms with Crippen LogP contribution >= 0.6 is 0 Å². The first-order chi connectivity index (χ1) is 14.1. The second-order valence-electron chi connectivity index (χ2n) is 7.50. The van der Waals surface area contributed by atoms with Gasteiger partial charge in [0.05, 0.1) is 24.6 Å². The molecule has 0 unspecified atom stereocenters. The third kappa shape index (κ3) is 4.51. The third-order valence-electron chi connectivity index (χ3n) is 5.45. The first kappa shape index (κ1) is 19.3. The average molecular weight is 393 g/mol. The predicted molar refractivity (Wildman–Crippen MR) is 115 cm³/mol. The summed E-state index contributed by atoms with van der Waals surface area (Å²) in [4.78, 5) is 10.8. The van der Waals surface area contributed by atoms with Crippen LogP contribution in [0.4, 0.5) is 11.8 Å². The Balaban J connectivity index is 1.33. The fourth-order valence-electron chi connectivity index (χ4n) is 3.87. The van der Waals surface area contributed by atoms with Crippen LogP contribution in [-0.2, 0) is 6.54 Å². The van der Waals surface area contributed by atoms with E-state index in [-0.39, 0.29) is 5.95 Å². The maximum absolute atomic E-state index is 6.13. The van der Waals surface area contributed by atoms with Gasteiger partial charge in [-0.15, -0.1) is 0 Å². The van der Waals surface area contributed by atoms with Crippen molar-refractivity contribution >= 4 is 22.7 Å². The zero-order chi connectivity index (χ0) is 20.2. The van der Waals surface area contributed by atoms with Gasteiger partial charge in [-0.3, -0.25) is 4.90 Å². The smallest absolute Gasteiger partial charge is 0.222 e. The lowest BCUT2D eigenvalue weighted by atomic mass is 9.97. The largest absolute Gasteiger partial charge is 0.497 e. The summed E-state index contributed by atoms with van der Waals surface area (Å²) in [7, 11) is 1.70. The molecule has 0 spiro atoms. The molecule has 1 fully saturated rings. The third-order valence-corrected chi connectivity index (χ3v) is 5.45. The molecule has 4 rings (SSSR count). The molecule has 1 saturated heterocycles. The van der Waals surface area contributed by atoms with Gasteiger partial charge in [-0.2, -0.15) is 4.98 Å². The second kappa shape index (κ2) is 8.53. The van der Waals surface area contributed by atoms with Gasteiger partial charge in [0.25, 0.3) is 0 Å². The maximum atomic E-state index is 6.13. The average Bonchev–Trinajstić information content (AvgIpc) is 2.73. The number of hydrogen-bond donors (Lipinski definition) is 2. The van der Waals surface area contributed by atoms with Crippen molar-refractivity contribution in [3.8, 4) is 11.5 Å². The molecule has 1 aromatic heterocycles. The zero-order valence-corrected chi connectivity index (χ0v) is 16.7. The van der Waals surface area contributed by atoms with Gasteiger partial charge in [0.2, 0.25) is 5.95 Å². The summed E-state index contributed by atoms with van der Waals surface area (Å²) in [6, 6.07) is 14.0. The van der Waals surface area contributed by atoms with Gasteiger partial charge >= 0.3 is 0 Å². The Labute approximate surface area is 170 Å². The minimum atomic E-state index is 0.176. The molecule has 0 aliphatic carbocycles. The predicted octanol–water partition coefficient (Wildman–Crippen LogP) is 3.09. The van der Waals surface area contributed by atoms with E-state index in [2.05, 4.69) is 27.0 Å². The Kier molecular flexibility index (Phi) is 5.67. The summed E-state index contributed by atoms with van der Waals surface area (Å²) in [6.45, 7) is 3.73. The minimum absolute atomic E-state index is 0.176. The van der Waals surface area contributed by atoms with Gasteiger partial charge in [-0.25, -0.2) is 4.98 Å². The number of nitrogens with zero attached hydrogens (tertiary/aromatic N) is 3. The fourth-order valence-corrected chi connectivity index (χ4v) is 3.87. The zero-order valence-electron chi connectivity index (χ0n) is 16.7. The van der Waals surface area contributed by atoms with Crippen molar-refractivity contribution in [3.05, 3.63) is 48.0 Å². The number of fused-ring (bicyclic) bond motifs is 1. The lowest BCUT2D eigenvalue weighted by Crippen LogP contribution is -2.35. The highest BCUT2D eigenvalue weighted by Crippen LogP contribution is 2.30. The Morgan fingerprint density at radius 2 is 1.86 bits per heavy atom. The van der Waals surface area contributed by atoms with Crippen LogP contribution in [0.15, 0.2) is 42.5 Å². The van der Waals surface area contributed by atoms with E-state index in [1.54, 1.807) is 7.11 Å². The molecule has 1 aliphatic heterocycles. The highest BCUT2D eigenvalue weighted by molar-refractivity contribution is 5.94. The summed E-state index contributed by atoms with van der Waals surface area (Å²) in [5, 5.41) is 0.733. The SMILES string of the molecule is COc1cccc(CN2CCC(COc3cccc4nc(N)nc(N)c34)CC2)c1. The first-order valence-electron chi connectivity index (χ1n) is 9.92. The summed E-state index contributed by atoms with van der Waals surface area (Å²) in [5.74, 6) is 2.68. The van der Waals surface area contributed by atoms with Crippen LogP contribution in [0.5, 0.6) is 11.5 Å². The van der Waals surface area contributed by atoms with E-state index in [4.69, 9.17) is 20.9 Å². The number of ether oxygens (including phenoxy) is 2. The number of hydrogen-bond acceptors (Lipinski definition) is 7. The molecule has 0 radical (unpaired) electrons. The van der Waals surface area contributed by atoms with E-state index in [0.717, 1.165) is 49.4 Å². The van der Waals surface area contributed by atoms with Crippen molar-refractivity contribution in [2.45, 2.75) is 19.4 Å². The number of methoxy groups -OCH3 is 1. The van der Waals surface area contributed by atoms with Gasteiger partial charge in [0.15, 0.2) is 0 Å². The van der Waals surface area contributed by atoms with Gasteiger partial charge < -0.3 is 20.9 Å². The number of anilines is 2. The number of nitrogens with two attached hydrogens (primary N) is 2. The van der Waals surface area contributed by atoms with Gasteiger partial charge in [-0.1, -0.05) is 18.2 Å². The van der Waals surface area contributed by atoms with E-state index in [9.17, 15) is 0 Å². The molecule has 2 aromatic carbocycles. The van der Waals surface area contributed by atoms with E-state index in [0.29, 0.717) is 23.9 Å². The van der Waals surface area contributed by atoms with Crippen LogP contribution in [0.25, 0.3) is 10.9 Å². The van der Waals surface area contributed by atoms with E-state index < -0.39 is 0 Å². The standard InChI is InChI=1S/C22H27N5O2/c1-28-17-5-2-4-16(12-17)13-27-10-8-15(9-11-27)14-29-19-7-3-6-18-20(19)21(23)26-22(24)25-18/h2-7,12,15H,8-11,13-14H2,1H3,(H4,23,24,25,26). The number of likely N-dealkylation sites (tertiary alicyclic amines) is 1. The molecule has 2 heterocycles. The molecule has 0 amide bonds. The molecule has 4 N–H and O–H groups in total. The van der Waals surface area contributed by atoms with Crippen LogP contribution < -0.4 is 20.9 Å². The van der Waals surface area contributed by atoms with Crippen molar-refractivity contribution in [1.82, 2.24) is 14.9 Å². The molecule has 0 bridgehead atoms. The summed E-state index contributed by atoms with van der Waals surface area (Å²) < 4.78 is 11.4. The van der Waals surface area contributed by atoms with E-state index in [1.165, 1.54) is 5.56 Å². The van der Waals surface area contributed by atoms with Gasteiger partial charge in [0.1, 0.15) is 17.3 Å². The van der Waals surface area contributed by atoms with Crippen LogP contribution in [0.2, 0.25) is 0 Å². The number of aromatic nitrogens is 2. The summed E-state index contributed by atoms with van der Waals surface area (Å²) >= 11 is 0. The van der Waals surface area contributed by atoms with Gasteiger partial charge in [0, 0.05) is 6.54 Å². The number of piperidine rings is 1. The normalized spacial score (nSPS) is 15.5. The van der Waals surface area contributed by atoms with Crippen molar-refractivity contribution in [2.24, 2.45) is 5.92 Å². The highest BCUT2D eigenvalue weighted by Gasteiger charge is 2.20. The van der Waals surface area contributed by atoms with E-state index >= 15 is 0 Å².